The molecule has 34 heavy (non-hydrogen) atoms. The van der Waals surface area contributed by atoms with Gasteiger partial charge in [-0.25, -0.2) is 9.07 Å². The van der Waals surface area contributed by atoms with Gasteiger partial charge in [0, 0.05) is 42.5 Å². The lowest BCUT2D eigenvalue weighted by molar-refractivity contribution is -0.126. The number of para-hydroxylation sites is 1. The van der Waals surface area contributed by atoms with E-state index in [4.69, 9.17) is 0 Å². The average Bonchev–Trinajstić information content (AvgIpc) is 3.54. The number of amides is 1. The highest BCUT2D eigenvalue weighted by atomic mass is 19.1. The van der Waals surface area contributed by atoms with Crippen molar-refractivity contribution in [2.45, 2.75) is 25.9 Å². The fourth-order valence-electron chi connectivity index (χ4n) is 4.56. The summed E-state index contributed by atoms with van der Waals surface area (Å²) in [7, 11) is 0. The van der Waals surface area contributed by atoms with Gasteiger partial charge in [-0.15, -0.1) is 0 Å². The molecule has 1 fully saturated rings. The van der Waals surface area contributed by atoms with E-state index in [0.717, 1.165) is 49.5 Å². The normalized spacial score (nSPS) is 14.9. The molecule has 7 heteroatoms. The Kier molecular flexibility index (Phi) is 6.53. The minimum absolute atomic E-state index is 0.00725. The molecule has 3 heterocycles. The van der Waals surface area contributed by atoms with Crippen LogP contribution in [0.1, 0.15) is 24.0 Å². The summed E-state index contributed by atoms with van der Waals surface area (Å²) in [6, 6.07) is 20.7. The first-order valence-corrected chi connectivity index (χ1v) is 11.7. The Hall–Kier alpha value is -3.71. The maximum atomic E-state index is 13.8. The van der Waals surface area contributed by atoms with Gasteiger partial charge in [0.25, 0.3) is 0 Å². The van der Waals surface area contributed by atoms with E-state index in [1.165, 1.54) is 6.07 Å². The highest BCUT2D eigenvalue weighted by molar-refractivity contribution is 5.78. The molecule has 0 unspecified atom stereocenters. The van der Waals surface area contributed by atoms with Crippen LogP contribution in [0.3, 0.4) is 0 Å². The molecule has 0 bridgehead atoms. The smallest absolute Gasteiger partial charge is 0.223 e. The largest absolute Gasteiger partial charge is 0.352 e. The standard InChI is InChI=1S/C27H28FN5O/c28-25-11-5-4-8-22(25)18-29-26(34)21-12-16-31(17-13-21)20-23-19-30-33(24-9-2-1-3-10-24)27(23)32-14-6-7-15-32/h1-11,14-15,19,21H,12-13,16-18,20H2,(H,29,34). The number of nitrogens with one attached hydrogen (secondary N) is 1. The molecule has 1 aliphatic rings. The van der Waals surface area contributed by atoms with Crippen molar-refractivity contribution in [1.82, 2.24) is 24.6 Å². The van der Waals surface area contributed by atoms with E-state index < -0.39 is 0 Å². The maximum Gasteiger partial charge on any atom is 0.223 e. The van der Waals surface area contributed by atoms with Gasteiger partial charge in [0.15, 0.2) is 0 Å². The van der Waals surface area contributed by atoms with Crippen LogP contribution in [-0.4, -0.2) is 38.2 Å². The number of carbonyl (C=O) groups excluding carboxylic acids is 1. The van der Waals surface area contributed by atoms with Gasteiger partial charge < -0.3 is 9.88 Å². The summed E-state index contributed by atoms with van der Waals surface area (Å²) in [6.45, 7) is 2.66. The zero-order chi connectivity index (χ0) is 23.3. The summed E-state index contributed by atoms with van der Waals surface area (Å²) in [6.07, 6.45) is 7.58. The number of hydrogen-bond acceptors (Lipinski definition) is 3. The quantitative estimate of drug-likeness (QED) is 0.449. The second-order valence-corrected chi connectivity index (χ2v) is 8.69. The maximum absolute atomic E-state index is 13.8. The predicted molar refractivity (Wildman–Crippen MR) is 129 cm³/mol. The van der Waals surface area contributed by atoms with Crippen molar-refractivity contribution in [1.29, 1.82) is 0 Å². The third kappa shape index (κ3) is 4.79. The summed E-state index contributed by atoms with van der Waals surface area (Å²) < 4.78 is 17.9. The summed E-state index contributed by atoms with van der Waals surface area (Å²) >= 11 is 0. The van der Waals surface area contributed by atoms with Crippen molar-refractivity contribution in [2.75, 3.05) is 13.1 Å². The Morgan fingerprint density at radius 1 is 0.941 bits per heavy atom. The van der Waals surface area contributed by atoms with Gasteiger partial charge in [0.1, 0.15) is 11.6 Å². The first-order chi connectivity index (χ1) is 16.7. The van der Waals surface area contributed by atoms with E-state index in [1.807, 2.05) is 53.6 Å². The molecular weight excluding hydrogens is 429 g/mol. The van der Waals surface area contributed by atoms with Crippen molar-refractivity contribution >= 4 is 5.91 Å². The molecule has 2 aromatic carbocycles. The fraction of sp³-hybridized carbons (Fsp3) is 0.259. The highest BCUT2D eigenvalue weighted by Gasteiger charge is 2.26. The van der Waals surface area contributed by atoms with Gasteiger partial charge in [-0.05, 0) is 56.3 Å². The Balaban J connectivity index is 1.22. The second kappa shape index (κ2) is 10.1. The third-order valence-corrected chi connectivity index (χ3v) is 6.43. The molecule has 0 radical (unpaired) electrons. The molecule has 0 atom stereocenters. The number of rotatable bonds is 7. The lowest BCUT2D eigenvalue weighted by atomic mass is 9.95. The SMILES string of the molecule is O=C(NCc1ccccc1F)C1CCN(Cc2cnn(-c3ccccc3)c2-n2cccc2)CC1. The Morgan fingerprint density at radius 2 is 1.65 bits per heavy atom. The summed E-state index contributed by atoms with van der Waals surface area (Å²) in [5, 5.41) is 7.59. The number of piperidine rings is 1. The molecule has 0 saturated carbocycles. The molecule has 1 amide bonds. The minimum Gasteiger partial charge on any atom is -0.352 e. The predicted octanol–water partition coefficient (Wildman–Crippen LogP) is 4.33. The van der Waals surface area contributed by atoms with Crippen LogP contribution in [0.15, 0.2) is 85.3 Å². The Labute approximate surface area is 198 Å². The van der Waals surface area contributed by atoms with E-state index in [1.54, 1.807) is 18.2 Å². The Bertz CT molecular complexity index is 1230. The molecule has 1 aliphatic heterocycles. The van der Waals surface area contributed by atoms with Gasteiger partial charge in [-0.3, -0.25) is 9.69 Å². The topological polar surface area (TPSA) is 55.1 Å². The number of likely N-dealkylation sites (tertiary alicyclic amines) is 1. The Morgan fingerprint density at radius 3 is 2.38 bits per heavy atom. The molecular formula is C27H28FN5O. The average molecular weight is 458 g/mol. The summed E-state index contributed by atoms with van der Waals surface area (Å²) in [4.78, 5) is 15.0. The summed E-state index contributed by atoms with van der Waals surface area (Å²) in [5.41, 5.74) is 2.67. The van der Waals surface area contributed by atoms with Crippen LogP contribution in [0, 0.1) is 11.7 Å². The summed E-state index contributed by atoms with van der Waals surface area (Å²) in [5.74, 6) is 0.708. The lowest BCUT2D eigenvalue weighted by Crippen LogP contribution is -2.40. The molecule has 174 valence electrons. The number of nitrogens with zero attached hydrogens (tertiary/aromatic N) is 4. The first kappa shape index (κ1) is 22.1. The number of carbonyl (C=O) groups is 1. The van der Waals surface area contributed by atoms with Crippen LogP contribution in [-0.2, 0) is 17.9 Å². The van der Waals surface area contributed by atoms with E-state index >= 15 is 0 Å². The van der Waals surface area contributed by atoms with Crippen molar-refractivity contribution in [3.05, 3.63) is 102 Å². The zero-order valence-corrected chi connectivity index (χ0v) is 19.0. The van der Waals surface area contributed by atoms with Crippen molar-refractivity contribution < 1.29 is 9.18 Å². The molecule has 0 spiro atoms. The number of benzene rings is 2. The molecule has 5 rings (SSSR count). The van der Waals surface area contributed by atoms with Gasteiger partial charge in [0.05, 0.1) is 11.9 Å². The van der Waals surface area contributed by atoms with E-state index in [9.17, 15) is 9.18 Å². The molecule has 1 saturated heterocycles. The van der Waals surface area contributed by atoms with Crippen LogP contribution >= 0.6 is 0 Å². The van der Waals surface area contributed by atoms with Crippen LogP contribution in [0.4, 0.5) is 4.39 Å². The third-order valence-electron chi connectivity index (χ3n) is 6.43. The van der Waals surface area contributed by atoms with Crippen molar-refractivity contribution in [2.24, 2.45) is 5.92 Å². The molecule has 0 aliphatic carbocycles. The zero-order valence-electron chi connectivity index (χ0n) is 19.0. The van der Waals surface area contributed by atoms with E-state index in [2.05, 4.69) is 32.0 Å². The lowest BCUT2D eigenvalue weighted by Gasteiger charge is -2.31. The second-order valence-electron chi connectivity index (χ2n) is 8.69. The van der Waals surface area contributed by atoms with E-state index in [0.29, 0.717) is 5.56 Å². The van der Waals surface area contributed by atoms with Gasteiger partial charge in [0.2, 0.25) is 5.91 Å². The van der Waals surface area contributed by atoms with Crippen LogP contribution in [0.5, 0.6) is 0 Å². The van der Waals surface area contributed by atoms with Crippen LogP contribution < -0.4 is 5.32 Å². The number of hydrogen-bond donors (Lipinski definition) is 1. The highest BCUT2D eigenvalue weighted by Crippen LogP contribution is 2.24. The van der Waals surface area contributed by atoms with E-state index in [-0.39, 0.29) is 24.2 Å². The molecule has 1 N–H and O–H groups in total. The first-order valence-electron chi connectivity index (χ1n) is 11.7. The monoisotopic (exact) mass is 457 g/mol. The number of halogens is 1. The molecule has 6 nitrogen and oxygen atoms in total. The van der Waals surface area contributed by atoms with Crippen molar-refractivity contribution in [3.8, 4) is 11.5 Å². The molecule has 4 aromatic rings. The minimum atomic E-state index is -0.285. The fourth-order valence-corrected chi connectivity index (χ4v) is 4.56. The van der Waals surface area contributed by atoms with Gasteiger partial charge in [-0.1, -0.05) is 36.4 Å². The van der Waals surface area contributed by atoms with Gasteiger partial charge >= 0.3 is 0 Å². The van der Waals surface area contributed by atoms with Crippen LogP contribution in [0.2, 0.25) is 0 Å². The van der Waals surface area contributed by atoms with Crippen molar-refractivity contribution in [3.63, 3.8) is 0 Å². The van der Waals surface area contributed by atoms with Crippen LogP contribution in [0.25, 0.3) is 11.5 Å². The molecule has 2 aromatic heterocycles. The number of aromatic nitrogens is 3. The van der Waals surface area contributed by atoms with Gasteiger partial charge in [-0.2, -0.15) is 5.10 Å².